The first kappa shape index (κ1) is 20.5. The second-order valence-electron chi connectivity index (χ2n) is 3.74. The fourth-order valence-electron chi connectivity index (χ4n) is 1.16. The van der Waals surface area contributed by atoms with Crippen molar-refractivity contribution < 1.29 is 78.7 Å². The van der Waals surface area contributed by atoms with E-state index in [0.717, 1.165) is 5.56 Å². The van der Waals surface area contributed by atoms with Gasteiger partial charge in [0, 0.05) is 0 Å². The average Bonchev–Trinajstić information content (AvgIpc) is 2.41. The molecule has 1 rings (SSSR count). The summed E-state index contributed by atoms with van der Waals surface area (Å²) in [5.74, 6) is -1.67. The van der Waals surface area contributed by atoms with Gasteiger partial charge >= 0.3 is 57.5 Å². The third-order valence-electron chi connectivity index (χ3n) is 2.06. The van der Waals surface area contributed by atoms with Crippen molar-refractivity contribution in [1.29, 1.82) is 0 Å². The van der Waals surface area contributed by atoms with Crippen LogP contribution in [-0.4, -0.2) is 37.4 Å². The standard InChI is InChI=1S/C11H14N2O6S.K/c14-10(13-8-20(16,17)18)6-12-11(15)19-7-9-4-2-1-3-5-9;/h1-5H,6-8H2,(H,12,15)(H,13,14)(H,16,17,18);/q;+1. The van der Waals surface area contributed by atoms with E-state index in [1.807, 2.05) is 11.4 Å². The van der Waals surface area contributed by atoms with Crippen LogP contribution in [0, 0.1) is 0 Å². The minimum atomic E-state index is -4.28. The molecule has 0 bridgehead atoms. The normalized spacial score (nSPS) is 10.1. The number of carbonyl (C=O) groups excluding carboxylic acids is 2. The molecule has 0 radical (unpaired) electrons. The summed E-state index contributed by atoms with van der Waals surface area (Å²) in [5.41, 5.74) is 0.790. The average molecular weight is 341 g/mol. The first-order valence-corrected chi connectivity index (χ1v) is 7.14. The van der Waals surface area contributed by atoms with E-state index in [4.69, 9.17) is 9.29 Å². The van der Waals surface area contributed by atoms with Gasteiger partial charge in [0.1, 0.15) is 19.0 Å². The van der Waals surface area contributed by atoms with E-state index >= 15 is 0 Å². The van der Waals surface area contributed by atoms with Gasteiger partial charge in [0.05, 0.1) is 0 Å². The third kappa shape index (κ3) is 10.8. The van der Waals surface area contributed by atoms with Crippen LogP contribution in [0.1, 0.15) is 5.56 Å². The molecule has 10 heteroatoms. The molecule has 0 aromatic heterocycles. The van der Waals surface area contributed by atoms with Crippen molar-refractivity contribution in [3.63, 3.8) is 0 Å². The van der Waals surface area contributed by atoms with Gasteiger partial charge in [-0.15, -0.1) is 0 Å². The van der Waals surface area contributed by atoms with E-state index in [-0.39, 0.29) is 58.0 Å². The molecule has 0 aliphatic rings. The summed E-state index contributed by atoms with van der Waals surface area (Å²) in [7, 11) is -4.28. The van der Waals surface area contributed by atoms with Crippen molar-refractivity contribution in [2.75, 3.05) is 12.4 Å². The third-order valence-corrected chi connectivity index (χ3v) is 2.57. The molecule has 8 nitrogen and oxygen atoms in total. The van der Waals surface area contributed by atoms with Crippen LogP contribution >= 0.6 is 0 Å². The molecule has 0 spiro atoms. The van der Waals surface area contributed by atoms with Gasteiger partial charge in [-0.3, -0.25) is 9.35 Å². The van der Waals surface area contributed by atoms with Crippen molar-refractivity contribution in [2.24, 2.45) is 0 Å². The van der Waals surface area contributed by atoms with Crippen molar-refractivity contribution in [1.82, 2.24) is 10.6 Å². The number of hydrogen-bond donors (Lipinski definition) is 3. The van der Waals surface area contributed by atoms with Crippen LogP contribution < -0.4 is 62.0 Å². The van der Waals surface area contributed by atoms with Gasteiger partial charge in [-0.05, 0) is 5.56 Å². The van der Waals surface area contributed by atoms with Crippen molar-refractivity contribution in [2.45, 2.75) is 6.61 Å². The Bertz CT molecular complexity index is 563. The van der Waals surface area contributed by atoms with Crippen molar-refractivity contribution >= 4 is 22.1 Å². The van der Waals surface area contributed by atoms with Gasteiger partial charge in [-0.2, -0.15) is 8.42 Å². The van der Waals surface area contributed by atoms with Gasteiger partial charge in [-0.1, -0.05) is 30.3 Å². The van der Waals surface area contributed by atoms with Crippen LogP contribution in [0.3, 0.4) is 0 Å². The van der Waals surface area contributed by atoms with Crippen LogP contribution in [0.4, 0.5) is 4.79 Å². The molecule has 0 fully saturated rings. The van der Waals surface area contributed by atoms with Gasteiger partial charge in [0.25, 0.3) is 10.1 Å². The molecule has 21 heavy (non-hydrogen) atoms. The van der Waals surface area contributed by atoms with E-state index in [0.29, 0.717) is 0 Å². The van der Waals surface area contributed by atoms with E-state index in [1.54, 1.807) is 24.3 Å². The van der Waals surface area contributed by atoms with E-state index in [1.165, 1.54) is 0 Å². The van der Waals surface area contributed by atoms with Gasteiger partial charge < -0.3 is 15.4 Å². The molecule has 1 aromatic carbocycles. The topological polar surface area (TPSA) is 122 Å². The first-order valence-electron chi connectivity index (χ1n) is 5.53. The molecule has 0 saturated carbocycles. The maximum absolute atomic E-state index is 11.2. The maximum atomic E-state index is 11.2. The fraction of sp³-hybridized carbons (Fsp3) is 0.273. The molecule has 1 aromatic rings. The number of alkyl carbamates (subject to hydrolysis) is 1. The predicted molar refractivity (Wildman–Crippen MR) is 69.2 cm³/mol. The Balaban J connectivity index is 0.00000400. The predicted octanol–water partition coefficient (Wildman–Crippen LogP) is -3.12. The van der Waals surface area contributed by atoms with E-state index in [9.17, 15) is 18.0 Å². The molecular formula is C11H14KN2O6S+. The van der Waals surface area contributed by atoms with Crippen molar-refractivity contribution in [3.8, 4) is 0 Å². The number of rotatable bonds is 6. The zero-order valence-electron chi connectivity index (χ0n) is 11.4. The van der Waals surface area contributed by atoms with Crippen LogP contribution in [-0.2, 0) is 26.3 Å². The molecule has 110 valence electrons. The molecule has 0 aliphatic carbocycles. The van der Waals surface area contributed by atoms with Crippen LogP contribution in [0.2, 0.25) is 0 Å². The number of hydrogen-bond acceptors (Lipinski definition) is 5. The summed E-state index contributed by atoms with van der Waals surface area (Å²) >= 11 is 0. The van der Waals surface area contributed by atoms with Gasteiger partial charge in [0.2, 0.25) is 5.91 Å². The summed E-state index contributed by atoms with van der Waals surface area (Å²) in [6, 6.07) is 8.94. The second-order valence-corrected chi connectivity index (χ2v) is 5.19. The fourth-order valence-corrected chi connectivity index (χ4v) is 1.50. The Labute approximate surface area is 164 Å². The zero-order chi connectivity index (χ0) is 15.0. The Hall–Kier alpha value is -0.494. The number of carbonyl (C=O) groups is 2. The number of benzene rings is 1. The Morgan fingerprint density at radius 2 is 1.76 bits per heavy atom. The molecule has 0 heterocycles. The maximum Gasteiger partial charge on any atom is 1.00 e. The molecule has 0 unspecified atom stereocenters. The van der Waals surface area contributed by atoms with Crippen molar-refractivity contribution in [3.05, 3.63) is 35.9 Å². The van der Waals surface area contributed by atoms with Crippen LogP contribution in [0.25, 0.3) is 0 Å². The minimum absolute atomic E-state index is 0. The summed E-state index contributed by atoms with van der Waals surface area (Å²) in [6.07, 6.45) is -0.809. The monoisotopic (exact) mass is 341 g/mol. The molecule has 0 aliphatic heterocycles. The molecular weight excluding hydrogens is 327 g/mol. The SMILES string of the molecule is O=C(CNC(=O)OCc1ccccc1)NCS(=O)(=O)O.[K+]. The van der Waals surface area contributed by atoms with Gasteiger partial charge in [0.15, 0.2) is 0 Å². The number of ether oxygens (including phenoxy) is 1. The van der Waals surface area contributed by atoms with Crippen LogP contribution in [0.5, 0.6) is 0 Å². The van der Waals surface area contributed by atoms with E-state index < -0.39 is 34.5 Å². The molecule has 3 N–H and O–H groups in total. The summed E-state index contributed by atoms with van der Waals surface area (Å²) in [4.78, 5) is 22.4. The Morgan fingerprint density at radius 1 is 1.14 bits per heavy atom. The second kappa shape index (κ2) is 10.3. The summed E-state index contributed by atoms with van der Waals surface area (Å²) < 4.78 is 33.9. The Morgan fingerprint density at radius 3 is 2.33 bits per heavy atom. The summed E-state index contributed by atoms with van der Waals surface area (Å²) in [5, 5.41) is 4.04. The smallest absolute Gasteiger partial charge is 0.445 e. The largest absolute Gasteiger partial charge is 1.00 e. The van der Waals surface area contributed by atoms with Crippen LogP contribution in [0.15, 0.2) is 30.3 Å². The number of amides is 2. The van der Waals surface area contributed by atoms with Gasteiger partial charge in [-0.25, -0.2) is 4.79 Å². The number of nitrogens with one attached hydrogen (secondary N) is 2. The first-order chi connectivity index (χ1) is 9.37. The Kier molecular flexibility index (Phi) is 10.0. The summed E-state index contributed by atoms with van der Waals surface area (Å²) in [6.45, 7) is -0.400. The van der Waals surface area contributed by atoms with E-state index in [2.05, 4.69) is 5.32 Å². The quantitative estimate of drug-likeness (QED) is 0.372. The minimum Gasteiger partial charge on any atom is -0.445 e. The zero-order valence-corrected chi connectivity index (χ0v) is 15.3. The molecule has 0 saturated heterocycles. The molecule has 0 atom stereocenters. The molecule has 2 amide bonds.